The zero-order valence-electron chi connectivity index (χ0n) is 15.5. The van der Waals surface area contributed by atoms with E-state index in [1.165, 1.54) is 16.6 Å². The Balaban J connectivity index is 1.98. The lowest BCUT2D eigenvalue weighted by Gasteiger charge is -2.12. The van der Waals surface area contributed by atoms with Crippen molar-refractivity contribution in [3.8, 4) is 5.69 Å². The molecule has 0 fully saturated rings. The first kappa shape index (κ1) is 19.2. The number of halogens is 1. The third-order valence-electron chi connectivity index (χ3n) is 4.43. The largest absolute Gasteiger partial charge is 0.268 e. The monoisotopic (exact) mass is 427 g/mol. The van der Waals surface area contributed by atoms with E-state index in [1.807, 2.05) is 37.3 Å². The van der Waals surface area contributed by atoms with Crippen LogP contribution in [0.5, 0.6) is 0 Å². The van der Waals surface area contributed by atoms with Gasteiger partial charge < -0.3 is 0 Å². The number of pyridine rings is 1. The van der Waals surface area contributed by atoms with E-state index in [1.54, 1.807) is 34.2 Å². The van der Waals surface area contributed by atoms with E-state index in [-0.39, 0.29) is 5.56 Å². The van der Waals surface area contributed by atoms with E-state index in [9.17, 15) is 4.79 Å². The van der Waals surface area contributed by atoms with E-state index < -0.39 is 0 Å². The zero-order chi connectivity index (χ0) is 19.7. The normalized spacial score (nSPS) is 11.2. The minimum absolute atomic E-state index is 0.0538. The Kier molecular flexibility index (Phi) is 5.53. The third kappa shape index (κ3) is 3.60. The van der Waals surface area contributed by atoms with Crippen molar-refractivity contribution in [1.82, 2.24) is 14.5 Å². The molecule has 0 spiro atoms. The van der Waals surface area contributed by atoms with Gasteiger partial charge in [-0.3, -0.25) is 9.36 Å². The smallest absolute Gasteiger partial charge is 0.267 e. The predicted molar refractivity (Wildman–Crippen MR) is 117 cm³/mol. The van der Waals surface area contributed by atoms with Crippen molar-refractivity contribution in [2.24, 2.45) is 0 Å². The maximum Gasteiger partial charge on any atom is 0.267 e. The van der Waals surface area contributed by atoms with Gasteiger partial charge in [-0.05, 0) is 67.1 Å². The summed E-state index contributed by atoms with van der Waals surface area (Å²) in [5.74, 6) is 0. The molecule has 0 radical (unpaired) electrons. The highest BCUT2D eigenvalue weighted by molar-refractivity contribution is 7.99. The number of fused-ring (bicyclic) bond motifs is 1. The first-order valence-electron chi connectivity index (χ1n) is 8.98. The van der Waals surface area contributed by atoms with Crippen molar-refractivity contribution < 1.29 is 0 Å². The average Bonchev–Trinajstić information content (AvgIpc) is 3.00. The van der Waals surface area contributed by atoms with Gasteiger partial charge in [0.1, 0.15) is 9.86 Å². The van der Waals surface area contributed by atoms with E-state index in [0.717, 1.165) is 33.9 Å². The average molecular weight is 428 g/mol. The van der Waals surface area contributed by atoms with Crippen LogP contribution in [0.25, 0.3) is 15.9 Å². The summed E-state index contributed by atoms with van der Waals surface area (Å²) in [5, 5.41) is 2.72. The lowest BCUT2D eigenvalue weighted by Crippen LogP contribution is -2.21. The number of aromatic nitrogens is 3. The van der Waals surface area contributed by atoms with Gasteiger partial charge in [0.2, 0.25) is 0 Å². The van der Waals surface area contributed by atoms with Gasteiger partial charge in [-0.1, -0.05) is 31.0 Å². The summed E-state index contributed by atoms with van der Waals surface area (Å²) in [6.45, 7) is 4.16. The van der Waals surface area contributed by atoms with Crippen LogP contribution in [0.1, 0.15) is 23.8 Å². The van der Waals surface area contributed by atoms with E-state index in [0.29, 0.717) is 15.6 Å². The Morgan fingerprint density at radius 3 is 2.64 bits per heavy atom. The summed E-state index contributed by atoms with van der Waals surface area (Å²) >= 11 is 9.05. The molecule has 3 heterocycles. The highest BCUT2D eigenvalue weighted by atomic mass is 35.5. The van der Waals surface area contributed by atoms with Crippen LogP contribution >= 0.6 is 34.7 Å². The maximum absolute atomic E-state index is 13.5. The summed E-state index contributed by atoms with van der Waals surface area (Å²) in [5.41, 5.74) is 1.73. The van der Waals surface area contributed by atoms with Crippen molar-refractivity contribution in [1.29, 1.82) is 0 Å². The first-order valence-corrected chi connectivity index (χ1v) is 11.0. The van der Waals surface area contributed by atoms with Crippen molar-refractivity contribution in [3.63, 3.8) is 0 Å². The van der Waals surface area contributed by atoms with Gasteiger partial charge in [-0.15, -0.1) is 11.3 Å². The second-order valence-corrected chi connectivity index (χ2v) is 8.87. The standard InChI is InChI=1S/C21H18ClN3OS2/c1-3-6-16-13(2)18-19(27-16)24-21(28-17-7-4-5-12-23-17)25(20(18)26)15-10-8-14(22)9-11-15/h4-5,7-12H,3,6H2,1-2H3. The van der Waals surface area contributed by atoms with Gasteiger partial charge in [0.15, 0.2) is 5.16 Å². The van der Waals surface area contributed by atoms with Crippen molar-refractivity contribution in [3.05, 3.63) is 74.5 Å². The van der Waals surface area contributed by atoms with Crippen LogP contribution in [0.2, 0.25) is 5.02 Å². The molecule has 0 aliphatic rings. The molecule has 142 valence electrons. The molecule has 3 aromatic heterocycles. The molecule has 4 aromatic rings. The van der Waals surface area contributed by atoms with Gasteiger partial charge >= 0.3 is 0 Å². The minimum Gasteiger partial charge on any atom is -0.268 e. The summed E-state index contributed by atoms with van der Waals surface area (Å²) < 4.78 is 1.66. The molecule has 1 aromatic carbocycles. The van der Waals surface area contributed by atoms with Gasteiger partial charge in [0.25, 0.3) is 5.56 Å². The zero-order valence-corrected chi connectivity index (χ0v) is 17.9. The molecular formula is C21H18ClN3OS2. The summed E-state index contributed by atoms with van der Waals surface area (Å²) in [7, 11) is 0. The number of aryl methyl sites for hydroxylation is 2. The fourth-order valence-electron chi connectivity index (χ4n) is 3.06. The van der Waals surface area contributed by atoms with Crippen molar-refractivity contribution >= 4 is 44.9 Å². The number of thiophene rings is 1. The molecule has 7 heteroatoms. The fraction of sp³-hybridized carbons (Fsp3) is 0.190. The first-order chi connectivity index (χ1) is 13.6. The topological polar surface area (TPSA) is 47.8 Å². The molecule has 4 nitrogen and oxygen atoms in total. The molecule has 0 aliphatic carbocycles. The Hall–Kier alpha value is -2.15. The van der Waals surface area contributed by atoms with Crippen LogP contribution in [0.15, 0.2) is 63.6 Å². The number of rotatable bonds is 5. The Bertz CT molecular complexity index is 1180. The van der Waals surface area contributed by atoms with Crippen LogP contribution in [-0.2, 0) is 6.42 Å². The quantitative estimate of drug-likeness (QED) is 0.371. The highest BCUT2D eigenvalue weighted by Crippen LogP contribution is 2.32. The molecule has 0 N–H and O–H groups in total. The summed E-state index contributed by atoms with van der Waals surface area (Å²) in [6.07, 6.45) is 3.73. The van der Waals surface area contributed by atoms with Gasteiger partial charge in [0, 0.05) is 16.1 Å². The van der Waals surface area contributed by atoms with Crippen LogP contribution in [0.4, 0.5) is 0 Å². The molecule has 0 bridgehead atoms. The Morgan fingerprint density at radius 2 is 1.96 bits per heavy atom. The second kappa shape index (κ2) is 8.07. The lowest BCUT2D eigenvalue weighted by atomic mass is 10.1. The molecular weight excluding hydrogens is 410 g/mol. The van der Waals surface area contributed by atoms with Crippen LogP contribution in [0.3, 0.4) is 0 Å². The number of hydrogen-bond donors (Lipinski definition) is 0. The van der Waals surface area contributed by atoms with Crippen LogP contribution in [-0.4, -0.2) is 14.5 Å². The number of hydrogen-bond acceptors (Lipinski definition) is 5. The van der Waals surface area contributed by atoms with Crippen LogP contribution in [0, 0.1) is 6.92 Å². The highest BCUT2D eigenvalue weighted by Gasteiger charge is 2.19. The molecule has 0 amide bonds. The lowest BCUT2D eigenvalue weighted by molar-refractivity contribution is 0.820. The van der Waals surface area contributed by atoms with Gasteiger partial charge in [0.05, 0.1) is 11.1 Å². The molecule has 0 atom stereocenters. The van der Waals surface area contributed by atoms with Crippen molar-refractivity contribution in [2.45, 2.75) is 36.9 Å². The van der Waals surface area contributed by atoms with E-state index in [4.69, 9.17) is 16.6 Å². The molecule has 4 rings (SSSR count). The minimum atomic E-state index is -0.0538. The fourth-order valence-corrected chi connectivity index (χ4v) is 5.38. The Morgan fingerprint density at radius 1 is 1.18 bits per heavy atom. The van der Waals surface area contributed by atoms with Gasteiger partial charge in [-0.2, -0.15) is 0 Å². The maximum atomic E-state index is 13.5. The third-order valence-corrected chi connectivity index (χ3v) is 6.83. The van der Waals surface area contributed by atoms with E-state index in [2.05, 4.69) is 11.9 Å². The molecule has 28 heavy (non-hydrogen) atoms. The predicted octanol–water partition coefficient (Wildman–Crippen LogP) is 5.91. The van der Waals surface area contributed by atoms with Crippen molar-refractivity contribution in [2.75, 3.05) is 0 Å². The number of nitrogens with zero attached hydrogens (tertiary/aromatic N) is 3. The summed E-state index contributed by atoms with van der Waals surface area (Å²) in [4.78, 5) is 24.8. The van der Waals surface area contributed by atoms with E-state index >= 15 is 0 Å². The SMILES string of the molecule is CCCc1sc2nc(Sc3ccccn3)n(-c3ccc(Cl)cc3)c(=O)c2c1C. The Labute approximate surface area is 176 Å². The summed E-state index contributed by atoms with van der Waals surface area (Å²) in [6, 6.07) is 13.0. The van der Waals surface area contributed by atoms with Gasteiger partial charge in [-0.25, -0.2) is 9.97 Å². The molecule has 0 aliphatic heterocycles. The molecule has 0 unspecified atom stereocenters. The molecule has 0 saturated carbocycles. The molecule has 0 saturated heterocycles. The van der Waals surface area contributed by atoms with Crippen LogP contribution < -0.4 is 5.56 Å². The second-order valence-electron chi connectivity index (χ2n) is 6.36. The number of benzene rings is 1.